The van der Waals surface area contributed by atoms with Gasteiger partial charge in [0.25, 0.3) is 0 Å². The highest BCUT2D eigenvalue weighted by Gasteiger charge is 2.32. The van der Waals surface area contributed by atoms with Crippen molar-refractivity contribution in [3.8, 4) is 11.5 Å². The minimum atomic E-state index is -0.187. The van der Waals surface area contributed by atoms with E-state index in [2.05, 4.69) is 5.16 Å². The summed E-state index contributed by atoms with van der Waals surface area (Å²) in [6.45, 7) is 4.45. The number of para-hydroxylation sites is 1. The topological polar surface area (TPSA) is 77.1 Å². The lowest BCUT2D eigenvalue weighted by atomic mass is 10.0. The predicted octanol–water partition coefficient (Wildman–Crippen LogP) is 1.92. The largest absolute Gasteiger partial charge is 0.489 e. The Kier molecular flexibility index (Phi) is 3.32. The number of rotatable bonds is 4. The van der Waals surface area contributed by atoms with Gasteiger partial charge in [0.05, 0.1) is 6.61 Å². The number of nitrogens with zero attached hydrogens (tertiary/aromatic N) is 1. The standard InChI is InChI=1S/C13H18N2O3/c1-13(2)8-9-4-3-5-10(12(9)18-13)17-7-6-11(14)15-16/h3-5,16H,6-8H2,1-2H3,(H2,14,15). The van der Waals surface area contributed by atoms with Gasteiger partial charge in [0.15, 0.2) is 11.5 Å². The van der Waals surface area contributed by atoms with Crippen LogP contribution in [0.4, 0.5) is 0 Å². The molecular weight excluding hydrogens is 232 g/mol. The Hall–Kier alpha value is -1.91. The highest BCUT2D eigenvalue weighted by molar-refractivity contribution is 5.79. The molecule has 0 bridgehead atoms. The third-order valence-electron chi connectivity index (χ3n) is 2.80. The predicted molar refractivity (Wildman–Crippen MR) is 68.4 cm³/mol. The lowest BCUT2D eigenvalue weighted by molar-refractivity contribution is 0.132. The fourth-order valence-electron chi connectivity index (χ4n) is 2.02. The van der Waals surface area contributed by atoms with Crippen molar-refractivity contribution in [3.05, 3.63) is 23.8 Å². The fourth-order valence-corrected chi connectivity index (χ4v) is 2.02. The Morgan fingerprint density at radius 1 is 1.56 bits per heavy atom. The van der Waals surface area contributed by atoms with Crippen LogP contribution >= 0.6 is 0 Å². The van der Waals surface area contributed by atoms with Crippen molar-refractivity contribution >= 4 is 5.84 Å². The van der Waals surface area contributed by atoms with E-state index in [0.717, 1.165) is 17.7 Å². The highest BCUT2D eigenvalue weighted by Crippen LogP contribution is 2.41. The molecule has 1 aliphatic heterocycles. The van der Waals surface area contributed by atoms with Gasteiger partial charge in [-0.1, -0.05) is 17.3 Å². The van der Waals surface area contributed by atoms with Crippen LogP contribution in [0.2, 0.25) is 0 Å². The maximum atomic E-state index is 8.44. The lowest BCUT2D eigenvalue weighted by Crippen LogP contribution is -2.24. The summed E-state index contributed by atoms with van der Waals surface area (Å²) >= 11 is 0. The van der Waals surface area contributed by atoms with Gasteiger partial charge in [-0.2, -0.15) is 0 Å². The second-order valence-electron chi connectivity index (χ2n) is 4.97. The van der Waals surface area contributed by atoms with Crippen LogP contribution in [0.1, 0.15) is 25.8 Å². The SMILES string of the molecule is CC1(C)Cc2cccc(OCC/C(N)=N/O)c2O1. The van der Waals surface area contributed by atoms with E-state index in [1.54, 1.807) is 0 Å². The third-order valence-corrected chi connectivity index (χ3v) is 2.80. The first-order chi connectivity index (χ1) is 8.52. The number of nitrogens with two attached hydrogens (primary N) is 1. The second-order valence-corrected chi connectivity index (χ2v) is 4.97. The summed E-state index contributed by atoms with van der Waals surface area (Å²) in [6, 6.07) is 5.86. The van der Waals surface area contributed by atoms with E-state index < -0.39 is 0 Å². The molecule has 0 atom stereocenters. The van der Waals surface area contributed by atoms with Crippen molar-refractivity contribution in [2.24, 2.45) is 10.9 Å². The average molecular weight is 250 g/mol. The van der Waals surface area contributed by atoms with Gasteiger partial charge in [-0.25, -0.2) is 0 Å². The van der Waals surface area contributed by atoms with Crippen LogP contribution in [0.3, 0.4) is 0 Å². The van der Waals surface area contributed by atoms with Crippen molar-refractivity contribution < 1.29 is 14.7 Å². The van der Waals surface area contributed by atoms with Crippen LogP contribution in [-0.2, 0) is 6.42 Å². The Labute approximate surface area is 106 Å². The van der Waals surface area contributed by atoms with E-state index >= 15 is 0 Å². The van der Waals surface area contributed by atoms with Crippen LogP contribution < -0.4 is 15.2 Å². The lowest BCUT2D eigenvalue weighted by Gasteiger charge is -2.18. The smallest absolute Gasteiger partial charge is 0.165 e. The molecule has 5 heteroatoms. The normalized spacial score (nSPS) is 17.1. The Balaban J connectivity index is 2.05. The molecule has 0 amide bonds. The number of hydrogen-bond acceptors (Lipinski definition) is 4. The Bertz CT molecular complexity index is 469. The van der Waals surface area contributed by atoms with Crippen LogP contribution in [0.5, 0.6) is 11.5 Å². The molecule has 1 aliphatic rings. The molecule has 0 unspecified atom stereocenters. The molecule has 1 heterocycles. The van der Waals surface area contributed by atoms with Crippen LogP contribution in [-0.4, -0.2) is 23.3 Å². The number of fused-ring (bicyclic) bond motifs is 1. The molecule has 2 rings (SSSR count). The van der Waals surface area contributed by atoms with Gasteiger partial charge in [-0.05, 0) is 19.9 Å². The maximum absolute atomic E-state index is 8.44. The van der Waals surface area contributed by atoms with Crippen molar-refractivity contribution in [1.82, 2.24) is 0 Å². The molecule has 0 radical (unpaired) electrons. The van der Waals surface area contributed by atoms with Crippen LogP contribution in [0.15, 0.2) is 23.4 Å². The van der Waals surface area contributed by atoms with Crippen molar-refractivity contribution in [2.45, 2.75) is 32.3 Å². The number of hydrogen-bond donors (Lipinski definition) is 2. The monoisotopic (exact) mass is 250 g/mol. The minimum Gasteiger partial charge on any atom is -0.489 e. The molecule has 3 N–H and O–H groups in total. The molecule has 98 valence electrons. The highest BCUT2D eigenvalue weighted by atomic mass is 16.5. The van der Waals surface area contributed by atoms with Crippen LogP contribution in [0.25, 0.3) is 0 Å². The van der Waals surface area contributed by atoms with E-state index in [1.165, 1.54) is 0 Å². The molecule has 1 aromatic rings. The fraction of sp³-hybridized carbons (Fsp3) is 0.462. The van der Waals surface area contributed by atoms with Gasteiger partial charge in [-0.15, -0.1) is 0 Å². The molecule has 0 aromatic heterocycles. The first-order valence-electron chi connectivity index (χ1n) is 5.92. The molecule has 5 nitrogen and oxygen atoms in total. The van der Waals surface area contributed by atoms with Gasteiger partial charge >= 0.3 is 0 Å². The summed E-state index contributed by atoms with van der Waals surface area (Å²) < 4.78 is 11.5. The van der Waals surface area contributed by atoms with E-state index in [1.807, 2.05) is 32.0 Å². The van der Waals surface area contributed by atoms with E-state index in [4.69, 9.17) is 20.4 Å². The molecule has 0 fully saturated rings. The summed E-state index contributed by atoms with van der Waals surface area (Å²) in [5, 5.41) is 11.3. The zero-order valence-corrected chi connectivity index (χ0v) is 10.6. The van der Waals surface area contributed by atoms with Crippen molar-refractivity contribution in [3.63, 3.8) is 0 Å². The number of ether oxygens (including phenoxy) is 2. The zero-order valence-electron chi connectivity index (χ0n) is 10.6. The Morgan fingerprint density at radius 2 is 2.33 bits per heavy atom. The molecule has 0 aliphatic carbocycles. The minimum absolute atomic E-state index is 0.156. The van der Waals surface area contributed by atoms with E-state index in [-0.39, 0.29) is 11.4 Å². The van der Waals surface area contributed by atoms with Crippen molar-refractivity contribution in [1.29, 1.82) is 0 Å². The maximum Gasteiger partial charge on any atom is 0.165 e. The summed E-state index contributed by atoms with van der Waals surface area (Å²) in [4.78, 5) is 0. The number of oxime groups is 1. The van der Waals surface area contributed by atoms with Gasteiger partial charge in [0, 0.05) is 18.4 Å². The summed E-state index contributed by atoms with van der Waals surface area (Å²) in [5.41, 5.74) is 6.35. The van der Waals surface area contributed by atoms with E-state index in [0.29, 0.717) is 18.8 Å². The third kappa shape index (κ3) is 2.67. The number of benzene rings is 1. The quantitative estimate of drug-likeness (QED) is 0.370. The summed E-state index contributed by atoms with van der Waals surface area (Å²) in [7, 11) is 0. The van der Waals surface area contributed by atoms with Gasteiger partial charge in [0.2, 0.25) is 0 Å². The molecule has 18 heavy (non-hydrogen) atoms. The molecule has 0 saturated carbocycles. The van der Waals surface area contributed by atoms with Gasteiger partial charge in [0.1, 0.15) is 11.4 Å². The second kappa shape index (κ2) is 4.76. The van der Waals surface area contributed by atoms with Gasteiger partial charge < -0.3 is 20.4 Å². The van der Waals surface area contributed by atoms with E-state index in [9.17, 15) is 0 Å². The van der Waals surface area contributed by atoms with Crippen LogP contribution in [0, 0.1) is 0 Å². The molecule has 0 spiro atoms. The summed E-state index contributed by atoms with van der Waals surface area (Å²) in [6.07, 6.45) is 1.25. The average Bonchev–Trinajstić information content (AvgIpc) is 2.63. The molecule has 1 aromatic carbocycles. The first kappa shape index (κ1) is 12.5. The molecular formula is C13H18N2O3. The number of amidine groups is 1. The Morgan fingerprint density at radius 3 is 3.06 bits per heavy atom. The summed E-state index contributed by atoms with van der Waals surface area (Å²) in [5.74, 6) is 1.68. The molecule has 0 saturated heterocycles. The zero-order chi connectivity index (χ0) is 13.2. The van der Waals surface area contributed by atoms with Crippen molar-refractivity contribution in [2.75, 3.05) is 6.61 Å². The first-order valence-corrected chi connectivity index (χ1v) is 5.92. The van der Waals surface area contributed by atoms with Gasteiger partial charge in [-0.3, -0.25) is 0 Å².